The van der Waals surface area contributed by atoms with Crippen molar-refractivity contribution in [3.05, 3.63) is 51.5 Å². The molecule has 0 aliphatic rings. The van der Waals surface area contributed by atoms with Crippen molar-refractivity contribution in [1.29, 1.82) is 0 Å². The maximum Gasteiger partial charge on any atom is 0.460 e. The van der Waals surface area contributed by atoms with E-state index in [9.17, 15) is 54.1 Å². The number of hydrogen-bond donors (Lipinski definition) is 1. The van der Waals surface area contributed by atoms with Crippen LogP contribution >= 0.6 is 11.8 Å². The molecule has 0 aliphatic carbocycles. The van der Waals surface area contributed by atoms with Gasteiger partial charge in [-0.05, 0) is 34.7 Å². The normalized spacial score (nSPS) is 12.9. The lowest BCUT2D eigenvalue weighted by Gasteiger charge is -2.28. The first kappa shape index (κ1) is 32.6. The quantitative estimate of drug-likeness (QED) is 0.183. The second kappa shape index (κ2) is 11.4. The molecule has 3 rings (SSSR count). The van der Waals surface area contributed by atoms with Gasteiger partial charge in [0.25, 0.3) is 5.69 Å². The fourth-order valence-corrected chi connectivity index (χ4v) is 5.01. The van der Waals surface area contributed by atoms with Gasteiger partial charge in [-0.2, -0.15) is 30.7 Å². The van der Waals surface area contributed by atoms with Gasteiger partial charge in [0.2, 0.25) is 11.1 Å². The van der Waals surface area contributed by atoms with E-state index < -0.39 is 77.5 Å². The van der Waals surface area contributed by atoms with E-state index in [4.69, 9.17) is 5.73 Å². The molecule has 42 heavy (non-hydrogen) atoms. The second-order valence-corrected chi connectivity index (χ2v) is 11.7. The number of pyridine rings is 1. The summed E-state index contributed by atoms with van der Waals surface area (Å²) in [6, 6.07) is 0.908. The Kier molecular flexibility index (Phi) is 8.82. The van der Waals surface area contributed by atoms with Gasteiger partial charge >= 0.3 is 18.0 Å². The highest BCUT2D eigenvalue weighted by Gasteiger charge is 2.73. The molecule has 1 aromatic carbocycles. The van der Waals surface area contributed by atoms with Gasteiger partial charge in [0.15, 0.2) is 0 Å². The predicted molar refractivity (Wildman–Crippen MR) is 126 cm³/mol. The molecule has 0 spiro atoms. The Labute approximate surface area is 233 Å². The first-order valence-corrected chi connectivity index (χ1v) is 13.8. The number of benzene rings is 1. The van der Waals surface area contributed by atoms with E-state index in [1.54, 1.807) is 0 Å². The van der Waals surface area contributed by atoms with E-state index in [0.29, 0.717) is 23.9 Å². The van der Waals surface area contributed by atoms with Crippen molar-refractivity contribution < 1.29 is 53.3 Å². The molecule has 3 aromatic rings. The van der Waals surface area contributed by atoms with Gasteiger partial charge in [-0.3, -0.25) is 19.9 Å². The Morgan fingerprint density at radius 2 is 1.79 bits per heavy atom. The summed E-state index contributed by atoms with van der Waals surface area (Å²) in [7, 11) is -3.39. The van der Waals surface area contributed by atoms with Gasteiger partial charge in [0.05, 0.1) is 16.2 Å². The van der Waals surface area contributed by atoms with Crippen molar-refractivity contribution >= 4 is 33.2 Å². The van der Waals surface area contributed by atoms with Crippen molar-refractivity contribution in [2.45, 2.75) is 41.0 Å². The summed E-state index contributed by atoms with van der Waals surface area (Å²) in [5.74, 6) is -16.1. The zero-order valence-corrected chi connectivity index (χ0v) is 22.2. The highest BCUT2D eigenvalue weighted by atomic mass is 32.2. The van der Waals surface area contributed by atoms with Crippen molar-refractivity contribution in [3.63, 3.8) is 0 Å². The van der Waals surface area contributed by atoms with Crippen LogP contribution in [0, 0.1) is 15.9 Å². The number of non-ortho nitro benzene ring substituents is 1. The molecule has 228 valence electrons. The number of carbonyl (C=O) groups excluding carboxylic acids is 1. The predicted octanol–water partition coefficient (Wildman–Crippen LogP) is 3.76. The molecule has 1 amide bonds. The van der Waals surface area contributed by atoms with E-state index in [2.05, 4.69) is 20.5 Å². The zero-order chi connectivity index (χ0) is 31.8. The molecule has 22 heteroatoms. The van der Waals surface area contributed by atoms with Crippen LogP contribution in [0.25, 0.3) is 11.3 Å². The molecule has 2 aromatic heterocycles. The van der Waals surface area contributed by atoms with Crippen LogP contribution in [0.3, 0.4) is 0 Å². The molecule has 12 nitrogen and oxygen atoms in total. The van der Waals surface area contributed by atoms with Crippen LogP contribution in [-0.2, 0) is 22.3 Å². The molecule has 2 N–H and O–H groups in total. The standard InChI is InChI=1S/C20H15F8N7O5S2/c1-42(39,40)4-2-3-34-17(31-32-33-34)41-15-11(6-10(35(37)38)7-12(15)16(29)36)14-13(21)5-9(8-30-14)18(22,23)19(24,25)20(26,27)28/h5-8H,2-4H2,1H3,(H2,29,36). The SMILES string of the molecule is CS(=O)(=O)CCCn1nnnc1Sc1c(C(N)=O)cc([N+](=O)[O-])cc1-c1ncc(C(F)(F)C(F)(F)C(F)(F)F)cc1F. The number of nitro benzene ring substituents is 1. The number of sulfone groups is 1. The van der Waals surface area contributed by atoms with Gasteiger partial charge in [-0.25, -0.2) is 17.5 Å². The van der Waals surface area contributed by atoms with Crippen molar-refractivity contribution in [3.8, 4) is 11.3 Å². The van der Waals surface area contributed by atoms with E-state index in [1.807, 2.05) is 0 Å². The highest BCUT2D eigenvalue weighted by Crippen LogP contribution is 2.52. The maximum absolute atomic E-state index is 15.1. The molecule has 0 saturated heterocycles. The molecular formula is C20H15F8N7O5S2. The molecule has 0 radical (unpaired) electrons. The molecule has 0 unspecified atom stereocenters. The number of nitrogens with two attached hydrogens (primary N) is 1. The Bertz CT molecular complexity index is 1650. The van der Waals surface area contributed by atoms with Gasteiger partial charge in [-0.1, -0.05) is 0 Å². The number of aryl methyl sites for hydroxylation is 1. The molecule has 0 fully saturated rings. The van der Waals surface area contributed by atoms with Gasteiger partial charge in [0.1, 0.15) is 21.3 Å². The molecule has 2 heterocycles. The molecule has 0 aliphatic heterocycles. The number of aromatic nitrogens is 5. The van der Waals surface area contributed by atoms with E-state index in [0.717, 1.165) is 10.9 Å². The van der Waals surface area contributed by atoms with Crippen LogP contribution in [-0.4, -0.2) is 68.5 Å². The van der Waals surface area contributed by atoms with E-state index >= 15 is 4.39 Å². The van der Waals surface area contributed by atoms with Crippen LogP contribution in [0.15, 0.2) is 34.4 Å². The van der Waals surface area contributed by atoms with Crippen LogP contribution < -0.4 is 5.73 Å². The Morgan fingerprint density at radius 3 is 2.31 bits per heavy atom. The first-order chi connectivity index (χ1) is 19.2. The number of nitrogens with zero attached hydrogens (tertiary/aromatic N) is 6. The Hall–Kier alpha value is -3.95. The summed E-state index contributed by atoms with van der Waals surface area (Å²) in [6.45, 7) is -0.111. The number of amides is 1. The minimum absolute atomic E-state index is 0.00163. The molecule has 0 bridgehead atoms. The Balaban J connectivity index is 2.18. The summed E-state index contributed by atoms with van der Waals surface area (Å²) in [4.78, 5) is 25.4. The van der Waals surface area contributed by atoms with E-state index in [1.165, 1.54) is 0 Å². The van der Waals surface area contributed by atoms with Gasteiger partial charge in [0, 0.05) is 47.2 Å². The largest absolute Gasteiger partial charge is 0.460 e. The number of primary amides is 1. The lowest BCUT2D eigenvalue weighted by Crippen LogP contribution is -2.50. The average Bonchev–Trinajstić information content (AvgIpc) is 3.29. The van der Waals surface area contributed by atoms with Crippen LogP contribution in [0.4, 0.5) is 40.8 Å². The third kappa shape index (κ3) is 6.58. The number of carbonyl (C=O) groups is 1. The maximum atomic E-state index is 15.1. The summed E-state index contributed by atoms with van der Waals surface area (Å²) < 4.78 is 132. The zero-order valence-electron chi connectivity index (χ0n) is 20.6. The highest BCUT2D eigenvalue weighted by molar-refractivity contribution is 7.99. The van der Waals surface area contributed by atoms with Crippen LogP contribution in [0.2, 0.25) is 0 Å². The fourth-order valence-electron chi connectivity index (χ4n) is 3.33. The monoisotopic (exact) mass is 649 g/mol. The number of hydrogen-bond acceptors (Lipinski definition) is 10. The number of halogens is 8. The minimum Gasteiger partial charge on any atom is -0.366 e. The van der Waals surface area contributed by atoms with Crippen molar-refractivity contribution in [1.82, 2.24) is 25.2 Å². The number of tetrazole rings is 1. The van der Waals surface area contributed by atoms with Gasteiger partial charge < -0.3 is 5.73 Å². The average molecular weight is 650 g/mol. The summed E-state index contributed by atoms with van der Waals surface area (Å²) in [5.41, 5.74) is -0.158. The summed E-state index contributed by atoms with van der Waals surface area (Å²) >= 11 is 0.432. The Morgan fingerprint density at radius 1 is 1.14 bits per heavy atom. The third-order valence-corrected chi connectivity index (χ3v) is 7.49. The molecule has 0 atom stereocenters. The third-order valence-electron chi connectivity index (χ3n) is 5.34. The number of rotatable bonds is 11. The lowest BCUT2D eigenvalue weighted by molar-refractivity contribution is -0.384. The van der Waals surface area contributed by atoms with Crippen LogP contribution in [0.5, 0.6) is 0 Å². The van der Waals surface area contributed by atoms with E-state index in [-0.39, 0.29) is 36.1 Å². The van der Waals surface area contributed by atoms with Crippen LogP contribution in [0.1, 0.15) is 22.3 Å². The number of nitro groups is 1. The number of alkyl halides is 7. The summed E-state index contributed by atoms with van der Waals surface area (Å²) in [5, 5.41) is 22.0. The second-order valence-electron chi connectivity index (χ2n) is 8.46. The van der Waals surface area contributed by atoms with Crippen molar-refractivity contribution in [2.75, 3.05) is 12.0 Å². The molecular weight excluding hydrogens is 634 g/mol. The fraction of sp³-hybridized carbons (Fsp3) is 0.350. The summed E-state index contributed by atoms with van der Waals surface area (Å²) in [6.07, 6.45) is -5.94. The lowest BCUT2D eigenvalue weighted by atomic mass is 10.0. The first-order valence-electron chi connectivity index (χ1n) is 10.9. The topological polar surface area (TPSA) is 177 Å². The van der Waals surface area contributed by atoms with Crippen molar-refractivity contribution in [2.24, 2.45) is 5.73 Å². The molecule has 0 saturated carbocycles. The van der Waals surface area contributed by atoms with Gasteiger partial charge in [-0.15, -0.1) is 5.10 Å². The minimum atomic E-state index is -6.73. The smallest absolute Gasteiger partial charge is 0.366 e.